The van der Waals surface area contributed by atoms with E-state index in [1.165, 1.54) is 7.11 Å². The number of esters is 1. The molecule has 0 spiro atoms. The highest BCUT2D eigenvalue weighted by Crippen LogP contribution is 2.38. The largest absolute Gasteiger partial charge is 0.483 e. The number of carbonyl (C=O) groups is 1. The summed E-state index contributed by atoms with van der Waals surface area (Å²) in [5.41, 5.74) is 1.21. The molecule has 2 rings (SSSR count). The summed E-state index contributed by atoms with van der Waals surface area (Å²) in [4.78, 5) is 13.7. The van der Waals surface area contributed by atoms with Crippen molar-refractivity contribution in [2.24, 2.45) is 0 Å². The van der Waals surface area contributed by atoms with E-state index in [2.05, 4.69) is 0 Å². The van der Waals surface area contributed by atoms with Gasteiger partial charge in [-0.25, -0.2) is 4.79 Å². The second-order valence-corrected chi connectivity index (χ2v) is 4.34. The number of fused-ring (bicyclic) bond motifs is 1. The van der Waals surface area contributed by atoms with Gasteiger partial charge in [-0.1, -0.05) is 6.07 Å². The average molecular weight is 251 g/mol. The van der Waals surface area contributed by atoms with Gasteiger partial charge in [0.25, 0.3) is 0 Å². The Kier molecular flexibility index (Phi) is 3.43. The number of methoxy groups -OCH3 is 1. The number of hydrogen-bond acceptors (Lipinski definition) is 5. The first-order valence-corrected chi connectivity index (χ1v) is 5.81. The van der Waals surface area contributed by atoms with Crippen LogP contribution < -0.4 is 9.64 Å². The molecule has 0 aromatic heterocycles. The minimum Gasteiger partial charge on any atom is -0.483 e. The molecule has 1 N–H and O–H groups in total. The SMILES string of the molecule is COC(=O)c1cccc2c1OC(CO)C(C)N2C. The molecule has 1 aliphatic rings. The van der Waals surface area contributed by atoms with Crippen molar-refractivity contribution in [1.82, 2.24) is 0 Å². The van der Waals surface area contributed by atoms with E-state index in [0.717, 1.165) is 5.69 Å². The van der Waals surface area contributed by atoms with Crippen LogP contribution in [0.3, 0.4) is 0 Å². The number of para-hydroxylation sites is 1. The first kappa shape index (κ1) is 12.7. The van der Waals surface area contributed by atoms with Crippen LogP contribution in [0.1, 0.15) is 17.3 Å². The predicted octanol–water partition coefficient (Wildman–Crippen LogP) is 1.05. The van der Waals surface area contributed by atoms with Crippen molar-refractivity contribution < 1.29 is 19.4 Å². The minimum atomic E-state index is -0.438. The maximum atomic E-state index is 11.7. The lowest BCUT2D eigenvalue weighted by atomic mass is 10.0. The summed E-state index contributed by atoms with van der Waals surface area (Å²) in [5.74, 6) is 0.0375. The van der Waals surface area contributed by atoms with Crippen LogP contribution in [-0.4, -0.2) is 44.0 Å². The van der Waals surface area contributed by atoms with Gasteiger partial charge in [0, 0.05) is 7.05 Å². The Bertz CT molecular complexity index is 460. The molecule has 0 bridgehead atoms. The molecule has 18 heavy (non-hydrogen) atoms. The number of aliphatic hydroxyl groups is 1. The number of aliphatic hydroxyl groups excluding tert-OH is 1. The predicted molar refractivity (Wildman–Crippen MR) is 67.1 cm³/mol. The van der Waals surface area contributed by atoms with E-state index in [9.17, 15) is 9.90 Å². The van der Waals surface area contributed by atoms with Crippen LogP contribution in [-0.2, 0) is 4.74 Å². The number of ether oxygens (including phenoxy) is 2. The summed E-state index contributed by atoms with van der Waals surface area (Å²) in [6, 6.07) is 5.36. The number of rotatable bonds is 2. The zero-order valence-corrected chi connectivity index (χ0v) is 10.7. The number of nitrogens with zero attached hydrogens (tertiary/aromatic N) is 1. The number of benzene rings is 1. The monoisotopic (exact) mass is 251 g/mol. The molecule has 2 atom stereocenters. The fraction of sp³-hybridized carbons (Fsp3) is 0.462. The smallest absolute Gasteiger partial charge is 0.341 e. The van der Waals surface area contributed by atoms with Crippen molar-refractivity contribution >= 4 is 11.7 Å². The second-order valence-electron chi connectivity index (χ2n) is 4.34. The van der Waals surface area contributed by atoms with Crippen molar-refractivity contribution in [3.8, 4) is 5.75 Å². The zero-order valence-electron chi connectivity index (χ0n) is 10.7. The summed E-state index contributed by atoms with van der Waals surface area (Å²) in [6.45, 7) is 1.87. The molecular formula is C13H17NO4. The van der Waals surface area contributed by atoms with E-state index in [1.807, 2.05) is 24.9 Å². The van der Waals surface area contributed by atoms with Crippen LogP contribution in [0.5, 0.6) is 5.75 Å². The molecule has 5 heteroatoms. The Morgan fingerprint density at radius 1 is 1.56 bits per heavy atom. The van der Waals surface area contributed by atoms with Crippen molar-refractivity contribution in [1.29, 1.82) is 0 Å². The van der Waals surface area contributed by atoms with Gasteiger partial charge in [-0.2, -0.15) is 0 Å². The summed E-state index contributed by atoms with van der Waals surface area (Å²) in [6.07, 6.45) is -0.353. The Labute approximate surface area is 106 Å². The van der Waals surface area contributed by atoms with Crippen LogP contribution in [0.15, 0.2) is 18.2 Å². The molecule has 0 saturated heterocycles. The molecule has 1 aromatic rings. The first-order chi connectivity index (χ1) is 8.60. The lowest BCUT2D eigenvalue weighted by molar-refractivity contribution is 0.0573. The van der Waals surface area contributed by atoms with Gasteiger partial charge in [-0.15, -0.1) is 0 Å². The highest BCUT2D eigenvalue weighted by molar-refractivity contribution is 5.95. The molecule has 0 aliphatic carbocycles. The van der Waals surface area contributed by atoms with Gasteiger partial charge < -0.3 is 19.5 Å². The number of carbonyl (C=O) groups excluding carboxylic acids is 1. The fourth-order valence-corrected chi connectivity index (χ4v) is 2.11. The van der Waals surface area contributed by atoms with Crippen molar-refractivity contribution in [3.63, 3.8) is 0 Å². The summed E-state index contributed by atoms with van der Waals surface area (Å²) < 4.78 is 10.5. The lowest BCUT2D eigenvalue weighted by Gasteiger charge is -2.39. The molecule has 0 saturated carbocycles. The quantitative estimate of drug-likeness (QED) is 0.796. The van der Waals surface area contributed by atoms with E-state index < -0.39 is 5.97 Å². The van der Waals surface area contributed by atoms with Crippen molar-refractivity contribution in [3.05, 3.63) is 23.8 Å². The van der Waals surface area contributed by atoms with E-state index >= 15 is 0 Å². The third kappa shape index (κ3) is 1.90. The standard InChI is InChI=1S/C13H17NO4/c1-8-11(7-15)18-12-9(13(16)17-3)5-4-6-10(12)14(8)2/h4-6,8,11,15H,7H2,1-3H3. The maximum Gasteiger partial charge on any atom is 0.341 e. The third-order valence-corrected chi connectivity index (χ3v) is 3.38. The molecule has 1 heterocycles. The van der Waals surface area contributed by atoms with E-state index in [0.29, 0.717) is 11.3 Å². The highest BCUT2D eigenvalue weighted by Gasteiger charge is 2.33. The zero-order chi connectivity index (χ0) is 13.3. The topological polar surface area (TPSA) is 59.0 Å². The number of hydrogen-bond donors (Lipinski definition) is 1. The summed E-state index contributed by atoms with van der Waals surface area (Å²) >= 11 is 0. The normalized spacial score (nSPS) is 22.1. The van der Waals surface area contributed by atoms with E-state index in [4.69, 9.17) is 9.47 Å². The molecule has 5 nitrogen and oxygen atoms in total. The molecule has 1 aliphatic heterocycles. The van der Waals surface area contributed by atoms with Crippen LogP contribution >= 0.6 is 0 Å². The van der Waals surface area contributed by atoms with Crippen LogP contribution in [0, 0.1) is 0 Å². The third-order valence-electron chi connectivity index (χ3n) is 3.38. The van der Waals surface area contributed by atoms with Crippen LogP contribution in [0.4, 0.5) is 5.69 Å². The Balaban J connectivity index is 2.49. The minimum absolute atomic E-state index is 0.0374. The Morgan fingerprint density at radius 2 is 2.28 bits per heavy atom. The lowest BCUT2D eigenvalue weighted by Crippen LogP contribution is -2.48. The van der Waals surface area contributed by atoms with Gasteiger partial charge >= 0.3 is 5.97 Å². The van der Waals surface area contributed by atoms with Gasteiger partial charge in [-0.05, 0) is 19.1 Å². The summed E-state index contributed by atoms with van der Waals surface area (Å²) in [5, 5.41) is 9.32. The fourth-order valence-electron chi connectivity index (χ4n) is 2.11. The molecule has 0 amide bonds. The molecule has 1 aromatic carbocycles. The maximum absolute atomic E-state index is 11.7. The summed E-state index contributed by atoms with van der Waals surface area (Å²) in [7, 11) is 3.25. The van der Waals surface area contributed by atoms with E-state index in [-0.39, 0.29) is 18.8 Å². The molecule has 0 fully saturated rings. The molecule has 0 radical (unpaired) electrons. The van der Waals surface area contributed by atoms with Gasteiger partial charge in [0.15, 0.2) is 5.75 Å². The first-order valence-electron chi connectivity index (χ1n) is 5.81. The van der Waals surface area contributed by atoms with Crippen molar-refractivity contribution in [2.75, 3.05) is 25.7 Å². The van der Waals surface area contributed by atoms with Gasteiger partial charge in [0.2, 0.25) is 0 Å². The Hall–Kier alpha value is -1.75. The van der Waals surface area contributed by atoms with E-state index in [1.54, 1.807) is 12.1 Å². The van der Waals surface area contributed by atoms with Crippen molar-refractivity contribution in [2.45, 2.75) is 19.1 Å². The molecular weight excluding hydrogens is 234 g/mol. The highest BCUT2D eigenvalue weighted by atomic mass is 16.5. The molecule has 2 unspecified atom stereocenters. The van der Waals surface area contributed by atoms with Gasteiger partial charge in [0.1, 0.15) is 11.7 Å². The number of anilines is 1. The van der Waals surface area contributed by atoms with Gasteiger partial charge in [-0.3, -0.25) is 0 Å². The Morgan fingerprint density at radius 3 is 2.89 bits per heavy atom. The molecule has 98 valence electrons. The average Bonchev–Trinajstić information content (AvgIpc) is 2.41. The second kappa shape index (κ2) is 4.86. The van der Waals surface area contributed by atoms with Crippen LogP contribution in [0.25, 0.3) is 0 Å². The number of likely N-dealkylation sites (N-methyl/N-ethyl adjacent to an activating group) is 1. The van der Waals surface area contributed by atoms with Gasteiger partial charge in [0.05, 0.1) is 25.4 Å². The van der Waals surface area contributed by atoms with Crippen LogP contribution in [0.2, 0.25) is 0 Å².